The summed E-state index contributed by atoms with van der Waals surface area (Å²) in [4.78, 5) is 11.6. The number of aliphatic imine (C=N–C) groups is 1. The molecule has 2 fully saturated rings. The van der Waals surface area contributed by atoms with Crippen molar-refractivity contribution < 1.29 is 4.42 Å². The third-order valence-corrected chi connectivity index (χ3v) is 6.12. The van der Waals surface area contributed by atoms with Crippen LogP contribution in [0.1, 0.15) is 43.4 Å². The molecule has 1 aromatic heterocycles. The number of hydrogen-bond donors (Lipinski definition) is 2. The van der Waals surface area contributed by atoms with Gasteiger partial charge in [-0.15, -0.1) is 24.0 Å². The minimum absolute atomic E-state index is 0. The zero-order valence-corrected chi connectivity index (χ0v) is 20.4. The van der Waals surface area contributed by atoms with Crippen LogP contribution in [0.25, 0.3) is 11.5 Å². The molecule has 164 valence electrons. The lowest BCUT2D eigenvalue weighted by Gasteiger charge is -2.21. The Labute approximate surface area is 196 Å². The van der Waals surface area contributed by atoms with Gasteiger partial charge in [0.25, 0.3) is 0 Å². The van der Waals surface area contributed by atoms with Crippen LogP contribution in [0.15, 0.2) is 39.9 Å². The Bertz CT molecular complexity index is 813. The fraction of sp³-hybridized carbons (Fsp3) is 0.565. The van der Waals surface area contributed by atoms with Gasteiger partial charge in [0.15, 0.2) is 5.96 Å². The molecule has 7 heteroatoms. The van der Waals surface area contributed by atoms with Crippen LogP contribution in [0.5, 0.6) is 0 Å². The summed E-state index contributed by atoms with van der Waals surface area (Å²) >= 11 is 0. The molecule has 1 atom stereocenters. The molecule has 0 bridgehead atoms. The van der Waals surface area contributed by atoms with Crippen molar-refractivity contribution in [3.63, 3.8) is 0 Å². The van der Waals surface area contributed by atoms with E-state index in [1.54, 1.807) is 6.26 Å². The van der Waals surface area contributed by atoms with Gasteiger partial charge in [-0.05, 0) is 44.2 Å². The van der Waals surface area contributed by atoms with E-state index in [2.05, 4.69) is 44.6 Å². The Morgan fingerprint density at radius 1 is 1.20 bits per heavy atom. The maximum Gasteiger partial charge on any atom is 0.226 e. The van der Waals surface area contributed by atoms with Crippen molar-refractivity contribution in [3.05, 3.63) is 41.8 Å². The number of nitrogens with one attached hydrogen (secondary N) is 2. The highest BCUT2D eigenvalue weighted by molar-refractivity contribution is 14.0. The predicted molar refractivity (Wildman–Crippen MR) is 132 cm³/mol. The highest BCUT2D eigenvalue weighted by Gasteiger charge is 2.26. The van der Waals surface area contributed by atoms with Crippen molar-refractivity contribution in [2.45, 2.75) is 51.6 Å². The fourth-order valence-corrected chi connectivity index (χ4v) is 4.45. The van der Waals surface area contributed by atoms with Crippen molar-refractivity contribution in [2.24, 2.45) is 10.9 Å². The summed E-state index contributed by atoms with van der Waals surface area (Å²) in [5.74, 6) is 2.40. The number of halogens is 1. The molecule has 1 unspecified atom stereocenters. The Morgan fingerprint density at radius 3 is 2.70 bits per heavy atom. The molecular weight excluding hydrogens is 489 g/mol. The van der Waals surface area contributed by atoms with Crippen LogP contribution in [0.3, 0.4) is 0 Å². The zero-order chi connectivity index (χ0) is 20.1. The van der Waals surface area contributed by atoms with Crippen LogP contribution in [0.2, 0.25) is 0 Å². The normalized spacial score (nSPS) is 20.3. The molecule has 0 amide bonds. The first-order valence-corrected chi connectivity index (χ1v) is 10.9. The number of hydrogen-bond acceptors (Lipinski definition) is 4. The van der Waals surface area contributed by atoms with E-state index in [0.29, 0.717) is 18.5 Å². The summed E-state index contributed by atoms with van der Waals surface area (Å²) in [6.07, 6.45) is 8.57. The number of rotatable bonds is 6. The van der Waals surface area contributed by atoms with Gasteiger partial charge in [0.2, 0.25) is 5.89 Å². The van der Waals surface area contributed by atoms with E-state index in [0.717, 1.165) is 29.7 Å². The maximum absolute atomic E-state index is 5.65. The molecule has 30 heavy (non-hydrogen) atoms. The second-order valence-corrected chi connectivity index (χ2v) is 8.48. The SMILES string of the molecule is CN=C(NCc1coc(-c2ccc(C)cc2)n1)NC1CCN(CC2CCCC2)C1.I. The van der Waals surface area contributed by atoms with Gasteiger partial charge in [-0.1, -0.05) is 30.5 Å². The van der Waals surface area contributed by atoms with Crippen molar-refractivity contribution in [2.75, 3.05) is 26.7 Å². The van der Waals surface area contributed by atoms with Crippen LogP contribution < -0.4 is 10.6 Å². The number of nitrogens with zero attached hydrogens (tertiary/aromatic N) is 3. The van der Waals surface area contributed by atoms with Crippen LogP contribution in [-0.4, -0.2) is 48.6 Å². The molecule has 1 aliphatic heterocycles. The van der Waals surface area contributed by atoms with Gasteiger partial charge in [-0.25, -0.2) is 4.98 Å². The Morgan fingerprint density at radius 2 is 1.97 bits per heavy atom. The van der Waals surface area contributed by atoms with Gasteiger partial charge in [-0.3, -0.25) is 4.99 Å². The Kier molecular flexibility index (Phi) is 8.56. The van der Waals surface area contributed by atoms with E-state index in [1.165, 1.54) is 50.8 Å². The number of benzene rings is 1. The first-order valence-electron chi connectivity index (χ1n) is 10.9. The van der Waals surface area contributed by atoms with E-state index < -0.39 is 0 Å². The maximum atomic E-state index is 5.65. The lowest BCUT2D eigenvalue weighted by molar-refractivity contribution is 0.275. The standard InChI is InChI=1S/C23H33N5O.HI/c1-17-7-9-19(10-8-17)22-26-21(16-29-22)13-25-23(24-2)27-20-11-12-28(15-20)14-18-5-3-4-6-18;/h7-10,16,18,20H,3-6,11-15H2,1-2H3,(H2,24,25,27);1H. The van der Waals surface area contributed by atoms with Gasteiger partial charge < -0.3 is 20.0 Å². The first kappa shape index (κ1) is 23.1. The quantitative estimate of drug-likeness (QED) is 0.338. The minimum Gasteiger partial charge on any atom is -0.444 e. The molecule has 4 rings (SSSR count). The van der Waals surface area contributed by atoms with Gasteiger partial charge in [0, 0.05) is 38.3 Å². The number of guanidine groups is 1. The average molecular weight is 523 g/mol. The summed E-state index contributed by atoms with van der Waals surface area (Å²) in [5, 5.41) is 6.95. The highest BCUT2D eigenvalue weighted by Crippen LogP contribution is 2.26. The third kappa shape index (κ3) is 6.20. The smallest absolute Gasteiger partial charge is 0.226 e. The summed E-state index contributed by atoms with van der Waals surface area (Å²) in [6.45, 7) is 6.23. The van der Waals surface area contributed by atoms with Crippen LogP contribution in [0.4, 0.5) is 0 Å². The van der Waals surface area contributed by atoms with Crippen LogP contribution in [-0.2, 0) is 6.54 Å². The average Bonchev–Trinajstić information content (AvgIpc) is 3.49. The minimum atomic E-state index is 0. The lowest BCUT2D eigenvalue weighted by atomic mass is 10.1. The molecular formula is C23H34IN5O. The fourth-order valence-electron chi connectivity index (χ4n) is 4.45. The lowest BCUT2D eigenvalue weighted by Crippen LogP contribution is -2.44. The van der Waals surface area contributed by atoms with Crippen molar-refractivity contribution in [1.82, 2.24) is 20.5 Å². The molecule has 1 saturated carbocycles. The van der Waals surface area contributed by atoms with E-state index in [9.17, 15) is 0 Å². The monoisotopic (exact) mass is 523 g/mol. The van der Waals surface area contributed by atoms with Crippen LogP contribution >= 0.6 is 24.0 Å². The summed E-state index contributed by atoms with van der Waals surface area (Å²) in [7, 11) is 1.82. The molecule has 1 aliphatic carbocycles. The molecule has 2 aromatic rings. The highest BCUT2D eigenvalue weighted by atomic mass is 127. The van der Waals surface area contributed by atoms with E-state index in [1.807, 2.05) is 19.2 Å². The summed E-state index contributed by atoms with van der Waals surface area (Å²) in [6, 6.07) is 8.68. The molecule has 6 nitrogen and oxygen atoms in total. The summed E-state index contributed by atoms with van der Waals surface area (Å²) in [5.41, 5.74) is 3.10. The largest absolute Gasteiger partial charge is 0.444 e. The Hall–Kier alpha value is -1.61. The second kappa shape index (κ2) is 11.1. The van der Waals surface area contributed by atoms with Crippen molar-refractivity contribution in [1.29, 1.82) is 0 Å². The third-order valence-electron chi connectivity index (χ3n) is 6.12. The number of oxazole rings is 1. The number of aromatic nitrogens is 1. The molecule has 2 heterocycles. The number of aryl methyl sites for hydroxylation is 1. The molecule has 0 spiro atoms. The second-order valence-electron chi connectivity index (χ2n) is 8.48. The molecule has 0 radical (unpaired) electrons. The molecule has 1 aromatic carbocycles. The van der Waals surface area contributed by atoms with Crippen molar-refractivity contribution >= 4 is 29.9 Å². The Balaban J connectivity index is 0.00000256. The van der Waals surface area contributed by atoms with E-state index >= 15 is 0 Å². The van der Waals surface area contributed by atoms with Crippen LogP contribution in [0, 0.1) is 12.8 Å². The zero-order valence-electron chi connectivity index (χ0n) is 18.1. The molecule has 2 aliphatic rings. The topological polar surface area (TPSA) is 65.7 Å². The van der Waals surface area contributed by atoms with Gasteiger partial charge in [-0.2, -0.15) is 0 Å². The van der Waals surface area contributed by atoms with Gasteiger partial charge >= 0.3 is 0 Å². The number of likely N-dealkylation sites (tertiary alicyclic amines) is 1. The first-order chi connectivity index (χ1) is 14.2. The predicted octanol–water partition coefficient (Wildman–Crippen LogP) is 4.20. The van der Waals surface area contributed by atoms with Gasteiger partial charge in [0.1, 0.15) is 6.26 Å². The van der Waals surface area contributed by atoms with E-state index in [4.69, 9.17) is 4.42 Å². The molecule has 2 N–H and O–H groups in total. The summed E-state index contributed by atoms with van der Waals surface area (Å²) < 4.78 is 5.65. The van der Waals surface area contributed by atoms with Gasteiger partial charge in [0.05, 0.1) is 12.2 Å². The molecule has 1 saturated heterocycles. The van der Waals surface area contributed by atoms with Crippen molar-refractivity contribution in [3.8, 4) is 11.5 Å². The van der Waals surface area contributed by atoms with E-state index in [-0.39, 0.29) is 24.0 Å².